The number of piperazine rings is 1. The Morgan fingerprint density at radius 2 is 1.52 bits per heavy atom. The van der Waals surface area contributed by atoms with Crippen molar-refractivity contribution in [3.63, 3.8) is 0 Å². The van der Waals surface area contributed by atoms with Gasteiger partial charge in [-0.25, -0.2) is 0 Å². The Bertz CT molecular complexity index is 757. The first-order valence-electron chi connectivity index (χ1n) is 8.86. The first-order valence-corrected chi connectivity index (χ1v) is 8.86. The molecule has 1 saturated heterocycles. The Hall–Kier alpha value is -1.75. The van der Waals surface area contributed by atoms with E-state index in [-0.39, 0.29) is 30.7 Å². The summed E-state index contributed by atoms with van der Waals surface area (Å²) < 4.78 is 0. The van der Waals surface area contributed by atoms with Crippen molar-refractivity contribution in [2.24, 2.45) is 5.73 Å². The van der Waals surface area contributed by atoms with Gasteiger partial charge in [-0.05, 0) is 43.5 Å². The van der Waals surface area contributed by atoms with Crippen molar-refractivity contribution in [1.82, 2.24) is 4.90 Å². The summed E-state index contributed by atoms with van der Waals surface area (Å²) in [6.07, 6.45) is 0. The number of hydrogen-bond acceptors (Lipinski definition) is 3. The molecule has 3 rings (SSSR count). The molecule has 2 N–H and O–H groups in total. The van der Waals surface area contributed by atoms with E-state index in [1.807, 2.05) is 42.2 Å². The van der Waals surface area contributed by atoms with E-state index in [2.05, 4.69) is 36.9 Å². The van der Waals surface area contributed by atoms with Crippen LogP contribution in [0.2, 0.25) is 0 Å². The second kappa shape index (κ2) is 9.45. The summed E-state index contributed by atoms with van der Waals surface area (Å²) in [5.74, 6) is -0.000635. The molecular formula is C21H29Cl2N3O. The molecule has 27 heavy (non-hydrogen) atoms. The first kappa shape index (κ1) is 23.3. The van der Waals surface area contributed by atoms with E-state index in [1.165, 1.54) is 16.8 Å². The van der Waals surface area contributed by atoms with Crippen molar-refractivity contribution < 1.29 is 4.79 Å². The zero-order chi connectivity index (χ0) is 18.0. The van der Waals surface area contributed by atoms with Gasteiger partial charge in [-0.3, -0.25) is 4.79 Å². The second-order valence-corrected chi connectivity index (χ2v) is 7.07. The molecule has 4 nitrogen and oxygen atoms in total. The number of carbonyl (C=O) groups is 1. The van der Waals surface area contributed by atoms with E-state index >= 15 is 0 Å². The van der Waals surface area contributed by atoms with Crippen molar-refractivity contribution in [2.75, 3.05) is 31.1 Å². The van der Waals surface area contributed by atoms with Gasteiger partial charge in [0.05, 0.1) is 0 Å². The maximum absolute atomic E-state index is 13.0. The fraction of sp³-hybridized carbons (Fsp3) is 0.381. The third kappa shape index (κ3) is 4.75. The summed E-state index contributed by atoms with van der Waals surface area (Å²) in [7, 11) is 0. The lowest BCUT2D eigenvalue weighted by Crippen LogP contribution is -2.56. The number of rotatable bonds is 3. The van der Waals surface area contributed by atoms with Crippen LogP contribution in [-0.4, -0.2) is 37.0 Å². The van der Waals surface area contributed by atoms with Crippen LogP contribution in [0.15, 0.2) is 48.5 Å². The maximum Gasteiger partial charge on any atom is 0.247 e. The van der Waals surface area contributed by atoms with Crippen molar-refractivity contribution in [3.8, 4) is 0 Å². The Kier molecular flexibility index (Phi) is 8.15. The number of amides is 1. The zero-order valence-corrected chi connectivity index (χ0v) is 17.8. The largest absolute Gasteiger partial charge is 0.368 e. The number of nitrogens with zero attached hydrogens (tertiary/aromatic N) is 2. The fourth-order valence-corrected chi connectivity index (χ4v) is 3.46. The summed E-state index contributed by atoms with van der Waals surface area (Å²) in [5, 5.41) is 0. The lowest BCUT2D eigenvalue weighted by Gasteiger charge is -2.40. The first-order chi connectivity index (χ1) is 11.9. The Morgan fingerprint density at radius 1 is 0.926 bits per heavy atom. The maximum atomic E-state index is 13.0. The van der Waals surface area contributed by atoms with Gasteiger partial charge in [-0.1, -0.05) is 42.5 Å². The molecular weight excluding hydrogens is 381 g/mol. The molecule has 1 amide bonds. The van der Waals surface area contributed by atoms with Crippen LogP contribution in [0.3, 0.4) is 0 Å². The molecule has 1 fully saturated rings. The van der Waals surface area contributed by atoms with Crippen molar-refractivity contribution in [1.29, 1.82) is 0 Å². The van der Waals surface area contributed by atoms with Gasteiger partial charge in [0.15, 0.2) is 0 Å². The van der Waals surface area contributed by atoms with E-state index in [9.17, 15) is 4.79 Å². The van der Waals surface area contributed by atoms with Crippen LogP contribution in [0.25, 0.3) is 0 Å². The van der Waals surface area contributed by atoms with Crippen LogP contribution < -0.4 is 10.6 Å². The molecule has 6 heteroatoms. The standard InChI is InChI=1S/C21H27N3O.2ClH/c1-16-8-7-11-19(17(16)2)23-12-14-24(15-13-23)20(25)21(3,22)18-9-5-4-6-10-18;;/h4-11H,12-15,22H2,1-3H3;2*1H. The minimum absolute atomic E-state index is 0. The Labute approximate surface area is 174 Å². The van der Waals surface area contributed by atoms with E-state index in [0.29, 0.717) is 13.1 Å². The Balaban J connectivity index is 0.00000182. The lowest BCUT2D eigenvalue weighted by molar-refractivity contribution is -0.137. The van der Waals surface area contributed by atoms with Gasteiger partial charge < -0.3 is 15.5 Å². The van der Waals surface area contributed by atoms with E-state index in [0.717, 1.165) is 18.7 Å². The van der Waals surface area contributed by atoms with Crippen LogP contribution >= 0.6 is 24.8 Å². The van der Waals surface area contributed by atoms with E-state index < -0.39 is 5.54 Å². The summed E-state index contributed by atoms with van der Waals surface area (Å²) in [5.41, 5.74) is 10.2. The molecule has 1 aliphatic rings. The number of halogens is 2. The highest BCUT2D eigenvalue weighted by atomic mass is 35.5. The molecule has 1 atom stereocenters. The third-order valence-electron chi connectivity index (χ3n) is 5.30. The van der Waals surface area contributed by atoms with Gasteiger partial charge in [-0.15, -0.1) is 24.8 Å². The van der Waals surface area contributed by atoms with Gasteiger partial charge in [0.1, 0.15) is 5.54 Å². The lowest BCUT2D eigenvalue weighted by atomic mass is 9.91. The van der Waals surface area contributed by atoms with Crippen LogP contribution in [0, 0.1) is 13.8 Å². The van der Waals surface area contributed by atoms with Crippen LogP contribution in [0.5, 0.6) is 0 Å². The molecule has 1 unspecified atom stereocenters. The monoisotopic (exact) mass is 409 g/mol. The molecule has 2 aromatic carbocycles. The number of benzene rings is 2. The van der Waals surface area contributed by atoms with Gasteiger partial charge in [0, 0.05) is 31.9 Å². The molecule has 1 heterocycles. The summed E-state index contributed by atoms with van der Waals surface area (Å²) in [6.45, 7) is 9.17. The molecule has 0 spiro atoms. The van der Waals surface area contributed by atoms with Crippen LogP contribution in [-0.2, 0) is 10.3 Å². The van der Waals surface area contributed by atoms with Crippen molar-refractivity contribution in [3.05, 3.63) is 65.2 Å². The van der Waals surface area contributed by atoms with E-state index in [4.69, 9.17) is 5.73 Å². The highest BCUT2D eigenvalue weighted by Crippen LogP contribution is 2.25. The average molecular weight is 410 g/mol. The molecule has 0 aromatic heterocycles. The van der Waals surface area contributed by atoms with Gasteiger partial charge >= 0.3 is 0 Å². The molecule has 0 bridgehead atoms. The normalized spacial score (nSPS) is 16.0. The average Bonchev–Trinajstić information content (AvgIpc) is 2.64. The molecule has 148 valence electrons. The quantitative estimate of drug-likeness (QED) is 0.840. The summed E-state index contributed by atoms with van der Waals surface area (Å²) in [4.78, 5) is 17.2. The number of carbonyl (C=O) groups excluding carboxylic acids is 1. The zero-order valence-electron chi connectivity index (χ0n) is 16.1. The SMILES string of the molecule is Cc1cccc(N2CCN(C(=O)C(C)(N)c3ccccc3)CC2)c1C.Cl.Cl. The number of aryl methyl sites for hydroxylation is 1. The highest BCUT2D eigenvalue weighted by molar-refractivity contribution is 5.87. The molecule has 0 saturated carbocycles. The van der Waals surface area contributed by atoms with Gasteiger partial charge in [0.2, 0.25) is 5.91 Å². The predicted octanol–water partition coefficient (Wildman–Crippen LogP) is 3.67. The topological polar surface area (TPSA) is 49.6 Å². The molecule has 1 aliphatic heterocycles. The van der Waals surface area contributed by atoms with Crippen molar-refractivity contribution >= 4 is 36.4 Å². The fourth-order valence-electron chi connectivity index (χ4n) is 3.46. The number of anilines is 1. The molecule has 0 aliphatic carbocycles. The molecule has 2 aromatic rings. The number of nitrogens with two attached hydrogens (primary N) is 1. The third-order valence-corrected chi connectivity index (χ3v) is 5.30. The van der Waals surface area contributed by atoms with Gasteiger partial charge in [-0.2, -0.15) is 0 Å². The van der Waals surface area contributed by atoms with E-state index in [1.54, 1.807) is 0 Å². The minimum Gasteiger partial charge on any atom is -0.368 e. The Morgan fingerprint density at radius 3 is 2.11 bits per heavy atom. The summed E-state index contributed by atoms with van der Waals surface area (Å²) >= 11 is 0. The predicted molar refractivity (Wildman–Crippen MR) is 117 cm³/mol. The van der Waals surface area contributed by atoms with Crippen molar-refractivity contribution in [2.45, 2.75) is 26.3 Å². The smallest absolute Gasteiger partial charge is 0.247 e. The molecule has 0 radical (unpaired) electrons. The van der Waals surface area contributed by atoms with Crippen LogP contribution in [0.1, 0.15) is 23.6 Å². The van der Waals surface area contributed by atoms with Crippen LogP contribution in [0.4, 0.5) is 5.69 Å². The highest BCUT2D eigenvalue weighted by Gasteiger charge is 2.35. The minimum atomic E-state index is -0.983. The number of hydrogen-bond donors (Lipinski definition) is 1. The second-order valence-electron chi connectivity index (χ2n) is 7.07. The van der Waals surface area contributed by atoms with Gasteiger partial charge in [0.25, 0.3) is 0 Å². The summed E-state index contributed by atoms with van der Waals surface area (Å²) in [6, 6.07) is 16.0.